The Bertz CT molecular complexity index is 267. The van der Waals surface area contributed by atoms with E-state index in [1.165, 1.54) is 14.2 Å². The van der Waals surface area contributed by atoms with Crippen LogP contribution in [0.1, 0.15) is 12.8 Å². The maximum absolute atomic E-state index is 11.4. The lowest BCUT2D eigenvalue weighted by Gasteiger charge is -2.24. The average molecular weight is 294 g/mol. The third-order valence-corrected chi connectivity index (χ3v) is 6.60. The normalized spacial score (nSPS) is 11.5. The predicted molar refractivity (Wildman–Crippen MR) is 68.6 cm³/mol. The van der Waals surface area contributed by atoms with Crippen LogP contribution in [0.5, 0.6) is 0 Å². The molecule has 0 aliphatic heterocycles. The Balaban J connectivity index is 4.48. The van der Waals surface area contributed by atoms with E-state index in [9.17, 15) is 24.9 Å². The van der Waals surface area contributed by atoms with Crippen LogP contribution in [0, 0.1) is 5.92 Å². The van der Waals surface area contributed by atoms with Crippen LogP contribution in [-0.2, 0) is 19.1 Å². The van der Waals surface area contributed by atoms with Crippen LogP contribution < -0.4 is 0 Å². The van der Waals surface area contributed by atoms with Crippen molar-refractivity contribution in [2.45, 2.75) is 18.9 Å². The first-order valence-corrected chi connectivity index (χ1v) is 8.81. The fourth-order valence-corrected chi connectivity index (χ4v) is 3.41. The fourth-order valence-electron chi connectivity index (χ4n) is 1.68. The van der Waals surface area contributed by atoms with Crippen molar-refractivity contribution < 1.29 is 34.4 Å². The molecule has 0 radical (unpaired) electrons. The minimum atomic E-state index is -2.51. The topological polar surface area (TPSA) is 113 Å². The van der Waals surface area contributed by atoms with Crippen LogP contribution in [0.25, 0.3) is 0 Å². The molecule has 0 atom stereocenters. The van der Waals surface area contributed by atoms with Gasteiger partial charge in [-0.3, -0.25) is 9.59 Å². The van der Waals surface area contributed by atoms with Crippen LogP contribution in [0.3, 0.4) is 0 Å². The van der Waals surface area contributed by atoms with Crippen molar-refractivity contribution in [2.75, 3.05) is 32.9 Å². The Labute approximate surface area is 113 Å². The summed E-state index contributed by atoms with van der Waals surface area (Å²) in [7, 11) is -0.138. The van der Waals surface area contributed by atoms with Gasteiger partial charge in [0.25, 0.3) is 0 Å². The molecule has 0 aromatic rings. The molecule has 0 amide bonds. The minimum Gasteiger partial charge on any atom is -0.468 e. The molecule has 19 heavy (non-hydrogen) atoms. The molecule has 112 valence electrons. The molecule has 0 aromatic heterocycles. The average Bonchev–Trinajstić information content (AvgIpc) is 2.47. The van der Waals surface area contributed by atoms with E-state index in [1.54, 1.807) is 0 Å². The van der Waals surface area contributed by atoms with Crippen molar-refractivity contribution in [3.8, 4) is 0 Å². The van der Waals surface area contributed by atoms with E-state index in [1.807, 2.05) is 0 Å². The Kier molecular flexibility index (Phi) is 8.57. The van der Waals surface area contributed by atoms with Crippen molar-refractivity contribution in [1.82, 2.24) is 0 Å². The molecule has 0 rings (SSSR count). The number of aliphatic hydroxyl groups is 3. The molecule has 0 unspecified atom stereocenters. The zero-order valence-electron chi connectivity index (χ0n) is 11.3. The first-order chi connectivity index (χ1) is 9.00. The zero-order chi connectivity index (χ0) is 14.9. The van der Waals surface area contributed by atoms with E-state index in [0.717, 1.165) is 0 Å². The number of ether oxygens (including phenoxy) is 2. The van der Waals surface area contributed by atoms with Crippen molar-refractivity contribution in [2.24, 2.45) is 5.92 Å². The molecule has 0 spiro atoms. The van der Waals surface area contributed by atoms with Crippen molar-refractivity contribution in [3.05, 3.63) is 0 Å². The first-order valence-electron chi connectivity index (χ1n) is 5.98. The van der Waals surface area contributed by atoms with Crippen LogP contribution in [0.4, 0.5) is 0 Å². The Morgan fingerprint density at radius 2 is 1.42 bits per heavy atom. The van der Waals surface area contributed by atoms with Gasteiger partial charge >= 0.3 is 11.9 Å². The predicted octanol–water partition coefficient (Wildman–Crippen LogP) is -1.23. The van der Waals surface area contributed by atoms with Gasteiger partial charge in [-0.25, -0.2) is 0 Å². The van der Waals surface area contributed by atoms with Gasteiger partial charge in [-0.1, -0.05) is 12.5 Å². The first kappa shape index (κ1) is 18.0. The molecular formula is C11H22O7Si. The standard InChI is InChI=1S/C11H22O7Si/c1-17-10(15)9(11(16)18-2)4-3-5-19(6-12,7-13)8-14/h9,12-14H,3-8H2,1-2H3. The molecule has 3 N–H and O–H groups in total. The maximum Gasteiger partial charge on any atom is 0.320 e. The highest BCUT2D eigenvalue weighted by Gasteiger charge is 2.33. The van der Waals surface area contributed by atoms with Gasteiger partial charge in [0.05, 0.1) is 14.2 Å². The summed E-state index contributed by atoms with van der Waals surface area (Å²) >= 11 is 0. The Hall–Kier alpha value is -0.963. The van der Waals surface area contributed by atoms with Crippen LogP contribution in [-0.4, -0.2) is 68.2 Å². The summed E-state index contributed by atoms with van der Waals surface area (Å²) in [5, 5.41) is 27.6. The highest BCUT2D eigenvalue weighted by atomic mass is 28.3. The number of esters is 2. The third kappa shape index (κ3) is 5.27. The number of hydrogen-bond donors (Lipinski definition) is 3. The molecule has 0 bridgehead atoms. The number of hydrogen-bond acceptors (Lipinski definition) is 7. The summed E-state index contributed by atoms with van der Waals surface area (Å²) in [6, 6.07) is 0.418. The van der Waals surface area contributed by atoms with Gasteiger partial charge in [-0.05, 0) is 6.42 Å². The van der Waals surface area contributed by atoms with E-state index in [2.05, 4.69) is 9.47 Å². The number of rotatable bonds is 9. The summed E-state index contributed by atoms with van der Waals surface area (Å²) in [4.78, 5) is 22.8. The summed E-state index contributed by atoms with van der Waals surface area (Å²) in [5.74, 6) is -2.34. The molecule has 0 saturated heterocycles. The maximum atomic E-state index is 11.4. The second-order valence-electron chi connectivity index (χ2n) is 4.47. The lowest BCUT2D eigenvalue weighted by molar-refractivity contribution is -0.159. The van der Waals surface area contributed by atoms with E-state index >= 15 is 0 Å². The van der Waals surface area contributed by atoms with Gasteiger partial charge in [0.15, 0.2) is 5.92 Å². The summed E-state index contributed by atoms with van der Waals surface area (Å²) in [6.45, 7) is 0. The zero-order valence-corrected chi connectivity index (χ0v) is 12.3. The smallest absolute Gasteiger partial charge is 0.320 e. The van der Waals surface area contributed by atoms with Crippen LogP contribution in [0.2, 0.25) is 6.04 Å². The molecule has 0 fully saturated rings. The quantitative estimate of drug-likeness (QED) is 0.277. The summed E-state index contributed by atoms with van der Waals surface area (Å²) in [5.41, 5.74) is 0. The largest absolute Gasteiger partial charge is 0.468 e. The molecule has 0 aliphatic rings. The monoisotopic (exact) mass is 294 g/mol. The highest BCUT2D eigenvalue weighted by molar-refractivity contribution is 6.79. The molecule has 0 saturated carbocycles. The number of aliphatic hydroxyl groups excluding tert-OH is 3. The second kappa shape index (κ2) is 9.02. The molecule has 0 aromatic carbocycles. The number of methoxy groups -OCH3 is 2. The van der Waals surface area contributed by atoms with Crippen molar-refractivity contribution in [1.29, 1.82) is 0 Å². The number of carbonyl (C=O) groups excluding carboxylic acids is 2. The second-order valence-corrected chi connectivity index (χ2v) is 8.91. The lowest BCUT2D eigenvalue weighted by Crippen LogP contribution is -2.48. The minimum absolute atomic E-state index is 0.202. The number of carbonyl (C=O) groups is 2. The van der Waals surface area contributed by atoms with E-state index in [-0.39, 0.29) is 25.1 Å². The lowest BCUT2D eigenvalue weighted by atomic mass is 10.0. The molecule has 7 nitrogen and oxygen atoms in total. The fraction of sp³-hybridized carbons (Fsp3) is 0.818. The Morgan fingerprint density at radius 1 is 1.00 bits per heavy atom. The third-order valence-electron chi connectivity index (χ3n) is 3.18. The van der Waals surface area contributed by atoms with Gasteiger partial charge in [-0.15, -0.1) is 0 Å². The van der Waals surface area contributed by atoms with Crippen LogP contribution >= 0.6 is 0 Å². The molecule has 0 heterocycles. The van der Waals surface area contributed by atoms with Gasteiger partial charge in [0, 0.05) is 18.7 Å². The molecule has 0 aliphatic carbocycles. The van der Waals surface area contributed by atoms with E-state index in [4.69, 9.17) is 0 Å². The molecule has 8 heteroatoms. The molecular weight excluding hydrogens is 272 g/mol. The van der Waals surface area contributed by atoms with E-state index < -0.39 is 25.9 Å². The van der Waals surface area contributed by atoms with Gasteiger partial charge in [0.2, 0.25) is 0 Å². The SMILES string of the molecule is COC(=O)C(CCC[Si](CO)(CO)CO)C(=O)OC. The van der Waals surface area contributed by atoms with Gasteiger partial charge in [0.1, 0.15) is 8.07 Å². The van der Waals surface area contributed by atoms with Crippen molar-refractivity contribution >= 4 is 20.0 Å². The van der Waals surface area contributed by atoms with Gasteiger partial charge in [-0.2, -0.15) is 0 Å². The van der Waals surface area contributed by atoms with Gasteiger partial charge < -0.3 is 24.8 Å². The van der Waals surface area contributed by atoms with Crippen molar-refractivity contribution in [3.63, 3.8) is 0 Å². The highest BCUT2D eigenvalue weighted by Crippen LogP contribution is 2.18. The Morgan fingerprint density at radius 3 is 1.74 bits per heavy atom. The van der Waals surface area contributed by atoms with E-state index in [0.29, 0.717) is 12.5 Å². The summed E-state index contributed by atoms with van der Waals surface area (Å²) in [6.07, 6.45) is -0.0831. The summed E-state index contributed by atoms with van der Waals surface area (Å²) < 4.78 is 9.04. The van der Waals surface area contributed by atoms with Crippen LogP contribution in [0.15, 0.2) is 0 Å².